The number of carbonyl (C=O) groups is 4. The summed E-state index contributed by atoms with van der Waals surface area (Å²) in [7, 11) is 1.48. The van der Waals surface area contributed by atoms with Gasteiger partial charge < -0.3 is 19.5 Å². The highest BCUT2D eigenvalue weighted by atomic mass is 79.9. The molecule has 0 bridgehead atoms. The summed E-state index contributed by atoms with van der Waals surface area (Å²) in [5.41, 5.74) is 1.69. The lowest BCUT2D eigenvalue weighted by Crippen LogP contribution is -2.36. The van der Waals surface area contributed by atoms with Crippen molar-refractivity contribution in [1.82, 2.24) is 4.90 Å². The van der Waals surface area contributed by atoms with Crippen molar-refractivity contribution >= 4 is 85.7 Å². The van der Waals surface area contributed by atoms with Gasteiger partial charge in [-0.3, -0.25) is 19.3 Å². The topological polar surface area (TPSA) is 111 Å². The third kappa shape index (κ3) is 7.46. The minimum atomic E-state index is -0.641. The quantitative estimate of drug-likeness (QED) is 0.175. The van der Waals surface area contributed by atoms with E-state index in [2.05, 4.69) is 21.2 Å². The molecule has 3 aromatic carbocycles. The van der Waals surface area contributed by atoms with Gasteiger partial charge in [-0.15, -0.1) is 0 Å². The first-order chi connectivity index (χ1) is 20.1. The number of amides is 3. The van der Waals surface area contributed by atoms with Gasteiger partial charge in [0, 0.05) is 16.3 Å². The highest BCUT2D eigenvalue weighted by Gasteiger charge is 2.36. The van der Waals surface area contributed by atoms with E-state index in [1.165, 1.54) is 31.4 Å². The van der Waals surface area contributed by atoms with Gasteiger partial charge in [-0.2, -0.15) is 0 Å². The number of anilines is 1. The fourth-order valence-corrected chi connectivity index (χ4v) is 5.63. The number of methoxy groups -OCH3 is 1. The lowest BCUT2D eigenvalue weighted by molar-refractivity contribution is -0.127. The van der Waals surface area contributed by atoms with Gasteiger partial charge in [0.1, 0.15) is 13.2 Å². The Hall–Kier alpha value is -3.51. The molecule has 9 nitrogen and oxygen atoms in total. The number of nitrogens with one attached hydrogen (secondary N) is 1. The first-order valence-electron chi connectivity index (χ1n) is 12.4. The molecular weight excluding hydrogens is 671 g/mol. The summed E-state index contributed by atoms with van der Waals surface area (Å²) in [6.45, 7) is 1.49. The molecule has 1 N–H and O–H groups in total. The fraction of sp³-hybridized carbons (Fsp3) is 0.172. The van der Waals surface area contributed by atoms with Gasteiger partial charge in [-0.1, -0.05) is 41.4 Å². The second kappa shape index (κ2) is 14.1. The molecule has 0 saturated carbocycles. The molecule has 0 unspecified atom stereocenters. The van der Waals surface area contributed by atoms with Crippen LogP contribution in [0.1, 0.15) is 28.4 Å². The molecule has 218 valence electrons. The van der Waals surface area contributed by atoms with Crippen molar-refractivity contribution in [2.75, 3.05) is 25.6 Å². The summed E-state index contributed by atoms with van der Waals surface area (Å²) in [4.78, 5) is 51.4. The summed E-state index contributed by atoms with van der Waals surface area (Å²) >= 11 is 16.5. The van der Waals surface area contributed by atoms with Crippen molar-refractivity contribution in [3.8, 4) is 11.5 Å². The summed E-state index contributed by atoms with van der Waals surface area (Å²) < 4.78 is 17.0. The zero-order valence-electron chi connectivity index (χ0n) is 22.2. The second-order valence-corrected chi connectivity index (χ2v) is 11.3. The molecular formula is C29H23BrCl2N2O7S. The Morgan fingerprint density at radius 2 is 1.83 bits per heavy atom. The Labute approximate surface area is 264 Å². The van der Waals surface area contributed by atoms with Crippen LogP contribution in [-0.2, 0) is 20.9 Å². The number of halogens is 3. The Morgan fingerprint density at radius 1 is 1.07 bits per heavy atom. The monoisotopic (exact) mass is 692 g/mol. The van der Waals surface area contributed by atoms with E-state index in [1.807, 2.05) is 18.2 Å². The second-order valence-electron chi connectivity index (χ2n) is 8.65. The van der Waals surface area contributed by atoms with Gasteiger partial charge in [-0.05, 0) is 82.7 Å². The van der Waals surface area contributed by atoms with E-state index in [4.69, 9.17) is 37.4 Å². The van der Waals surface area contributed by atoms with Gasteiger partial charge in [0.2, 0.25) is 5.91 Å². The third-order valence-electron chi connectivity index (χ3n) is 5.80. The molecule has 4 rings (SSSR count). The number of ether oxygens (including phenoxy) is 3. The zero-order chi connectivity index (χ0) is 30.4. The number of imide groups is 1. The average Bonchev–Trinajstić information content (AvgIpc) is 3.21. The number of benzene rings is 3. The first-order valence-corrected chi connectivity index (χ1v) is 14.7. The summed E-state index contributed by atoms with van der Waals surface area (Å²) in [6.07, 6.45) is 1.53. The third-order valence-corrected chi connectivity index (χ3v) is 7.99. The van der Waals surface area contributed by atoms with Gasteiger partial charge in [-0.25, -0.2) is 4.79 Å². The minimum absolute atomic E-state index is 0.0762. The van der Waals surface area contributed by atoms with E-state index < -0.39 is 29.6 Å². The van der Waals surface area contributed by atoms with Crippen LogP contribution in [0.25, 0.3) is 6.08 Å². The normalized spacial score (nSPS) is 13.8. The highest BCUT2D eigenvalue weighted by molar-refractivity contribution is 9.10. The summed E-state index contributed by atoms with van der Waals surface area (Å²) in [5, 5.41) is 2.70. The molecule has 0 aliphatic carbocycles. The van der Waals surface area contributed by atoms with Crippen LogP contribution >= 0.6 is 50.9 Å². The smallest absolute Gasteiger partial charge is 0.339 e. The first kappa shape index (κ1) is 31.4. The van der Waals surface area contributed by atoms with Crippen LogP contribution in [-0.4, -0.2) is 48.2 Å². The molecule has 3 amide bonds. The molecule has 1 heterocycles. The van der Waals surface area contributed by atoms with Crippen LogP contribution in [0.5, 0.6) is 11.5 Å². The molecule has 42 heavy (non-hydrogen) atoms. The Balaban J connectivity index is 1.45. The molecule has 1 fully saturated rings. The summed E-state index contributed by atoms with van der Waals surface area (Å²) in [5.74, 6) is -1.07. The van der Waals surface area contributed by atoms with Gasteiger partial charge in [0.25, 0.3) is 11.1 Å². The van der Waals surface area contributed by atoms with Crippen LogP contribution in [0, 0.1) is 0 Å². The maximum absolute atomic E-state index is 13.0. The number of rotatable bonds is 10. The van der Waals surface area contributed by atoms with E-state index in [9.17, 15) is 19.2 Å². The van der Waals surface area contributed by atoms with Crippen molar-refractivity contribution in [2.45, 2.75) is 13.5 Å². The predicted octanol–water partition coefficient (Wildman–Crippen LogP) is 7.20. The van der Waals surface area contributed by atoms with Crippen molar-refractivity contribution in [3.05, 3.63) is 90.7 Å². The maximum Gasteiger partial charge on any atom is 0.339 e. The van der Waals surface area contributed by atoms with E-state index in [1.54, 1.807) is 25.1 Å². The number of esters is 1. The molecule has 0 spiro atoms. The number of hydrogen-bond acceptors (Lipinski definition) is 8. The van der Waals surface area contributed by atoms with Crippen molar-refractivity contribution in [3.63, 3.8) is 0 Å². The number of hydrogen-bond donors (Lipinski definition) is 1. The Kier molecular flexibility index (Phi) is 10.6. The van der Waals surface area contributed by atoms with Gasteiger partial charge >= 0.3 is 5.97 Å². The van der Waals surface area contributed by atoms with Crippen LogP contribution in [0.3, 0.4) is 0 Å². The van der Waals surface area contributed by atoms with E-state index in [-0.39, 0.29) is 34.4 Å². The highest BCUT2D eigenvalue weighted by Crippen LogP contribution is 2.39. The molecule has 0 atom stereocenters. The molecule has 1 aliphatic rings. The largest absolute Gasteiger partial charge is 0.493 e. The lowest BCUT2D eigenvalue weighted by Gasteiger charge is -2.14. The fourth-order valence-electron chi connectivity index (χ4n) is 3.83. The van der Waals surface area contributed by atoms with Gasteiger partial charge in [0.05, 0.1) is 33.7 Å². The van der Waals surface area contributed by atoms with Gasteiger partial charge in [0.15, 0.2) is 11.5 Å². The Morgan fingerprint density at radius 3 is 2.55 bits per heavy atom. The SMILES string of the molecule is CCOC(=O)c1cc(NC(=O)CN2C(=O)S/C(=C/c3cc(Br)c(OCc4ccccc4Cl)c(OC)c3)C2=O)ccc1Cl. The minimum Gasteiger partial charge on any atom is -0.493 e. The molecule has 13 heteroatoms. The van der Waals surface area contributed by atoms with Crippen molar-refractivity contribution in [1.29, 1.82) is 0 Å². The van der Waals surface area contributed by atoms with Crippen molar-refractivity contribution in [2.24, 2.45) is 0 Å². The van der Waals surface area contributed by atoms with E-state index >= 15 is 0 Å². The molecule has 3 aromatic rings. The molecule has 0 radical (unpaired) electrons. The predicted molar refractivity (Wildman–Crippen MR) is 165 cm³/mol. The summed E-state index contributed by atoms with van der Waals surface area (Å²) in [6, 6.07) is 15.0. The number of carbonyl (C=O) groups excluding carboxylic acids is 4. The maximum atomic E-state index is 13.0. The van der Waals surface area contributed by atoms with E-state index in [0.717, 1.165) is 10.5 Å². The van der Waals surface area contributed by atoms with Crippen LogP contribution in [0.15, 0.2) is 64.0 Å². The molecule has 1 aliphatic heterocycles. The van der Waals surface area contributed by atoms with Crippen LogP contribution in [0.2, 0.25) is 10.0 Å². The average molecular weight is 694 g/mol. The van der Waals surface area contributed by atoms with E-state index in [0.29, 0.717) is 38.3 Å². The van der Waals surface area contributed by atoms with Crippen molar-refractivity contribution < 1.29 is 33.4 Å². The standard InChI is InChI=1S/C29H23BrCl2N2O7S/c1-3-40-28(37)19-13-18(8-9-22(19)32)33-25(35)14-34-27(36)24(42-29(34)38)12-16-10-20(30)26(23(11-16)39-2)41-15-17-6-4-5-7-21(17)31/h4-13H,3,14-15H2,1-2H3,(H,33,35)/b24-12+. The van der Waals surface area contributed by atoms with Crippen LogP contribution in [0.4, 0.5) is 10.5 Å². The van der Waals surface area contributed by atoms with Crippen LogP contribution < -0.4 is 14.8 Å². The lowest BCUT2D eigenvalue weighted by atomic mass is 10.1. The molecule has 1 saturated heterocycles. The number of thioether (sulfide) groups is 1. The Bertz CT molecular complexity index is 1600. The zero-order valence-corrected chi connectivity index (χ0v) is 26.2. The molecule has 0 aromatic heterocycles. The number of nitrogens with zero attached hydrogens (tertiary/aromatic N) is 1.